The molecule has 1 aliphatic rings. The Morgan fingerprint density at radius 2 is 2.08 bits per heavy atom. The summed E-state index contributed by atoms with van der Waals surface area (Å²) in [7, 11) is 0. The van der Waals surface area contributed by atoms with Crippen LogP contribution in [0.25, 0.3) is 0 Å². The summed E-state index contributed by atoms with van der Waals surface area (Å²) in [6.07, 6.45) is 4.95. The highest BCUT2D eigenvalue weighted by Crippen LogP contribution is 2.28. The third-order valence-electron chi connectivity index (χ3n) is 4.25. The number of rotatable bonds is 5. The average molecular weight is 329 g/mol. The molecule has 1 aliphatic carbocycles. The maximum atomic E-state index is 13.3. The molecule has 1 aromatic heterocycles. The molecule has 0 spiro atoms. The van der Waals surface area contributed by atoms with Crippen molar-refractivity contribution < 1.29 is 13.9 Å². The van der Waals surface area contributed by atoms with Gasteiger partial charge in [0.1, 0.15) is 11.6 Å². The maximum absolute atomic E-state index is 13.3. The monoisotopic (exact) mass is 329 g/mol. The standard InChI is InChI=1S/C18H20FN3O2/c19-14-6-3-7-15(11-14)24-16-13(5-4-10-21-16)12-22-17(23)18(20)8-1-2-9-18/h3-7,10-11H,1-2,8-9,12,20H2,(H,22,23). The number of hydrogen-bond donors (Lipinski definition) is 2. The first-order valence-corrected chi connectivity index (χ1v) is 8.01. The van der Waals surface area contributed by atoms with Crippen molar-refractivity contribution in [2.45, 2.75) is 37.8 Å². The topological polar surface area (TPSA) is 77.2 Å². The summed E-state index contributed by atoms with van der Waals surface area (Å²) in [5.74, 6) is 0.151. The van der Waals surface area contributed by atoms with Crippen LogP contribution in [0, 0.1) is 5.82 Å². The van der Waals surface area contributed by atoms with Gasteiger partial charge in [-0.1, -0.05) is 25.0 Å². The van der Waals surface area contributed by atoms with Gasteiger partial charge in [0.15, 0.2) is 0 Å². The first-order valence-electron chi connectivity index (χ1n) is 8.01. The van der Waals surface area contributed by atoms with Gasteiger partial charge in [-0.05, 0) is 31.0 Å². The molecule has 0 aliphatic heterocycles. The fraction of sp³-hybridized carbons (Fsp3) is 0.333. The molecule has 3 N–H and O–H groups in total. The molecule has 1 fully saturated rings. The smallest absolute Gasteiger partial charge is 0.240 e. The second-order valence-electron chi connectivity index (χ2n) is 6.07. The second kappa shape index (κ2) is 6.97. The lowest BCUT2D eigenvalue weighted by Crippen LogP contribution is -2.51. The number of nitrogens with zero attached hydrogens (tertiary/aromatic N) is 1. The number of hydrogen-bond acceptors (Lipinski definition) is 4. The minimum atomic E-state index is -0.772. The van der Waals surface area contributed by atoms with Crippen molar-refractivity contribution in [3.8, 4) is 11.6 Å². The van der Waals surface area contributed by atoms with Gasteiger partial charge in [-0.25, -0.2) is 9.37 Å². The maximum Gasteiger partial charge on any atom is 0.240 e. The van der Waals surface area contributed by atoms with Crippen molar-refractivity contribution in [1.29, 1.82) is 0 Å². The van der Waals surface area contributed by atoms with Crippen LogP contribution in [-0.4, -0.2) is 16.4 Å². The number of amides is 1. The van der Waals surface area contributed by atoms with Gasteiger partial charge in [-0.15, -0.1) is 0 Å². The van der Waals surface area contributed by atoms with Crippen LogP contribution in [-0.2, 0) is 11.3 Å². The average Bonchev–Trinajstić information content (AvgIpc) is 3.02. The molecule has 0 bridgehead atoms. The van der Waals surface area contributed by atoms with Gasteiger partial charge in [0.05, 0.1) is 5.54 Å². The summed E-state index contributed by atoms with van der Waals surface area (Å²) in [5.41, 5.74) is 6.08. The predicted molar refractivity (Wildman–Crippen MR) is 87.9 cm³/mol. The molecule has 2 aromatic rings. The Hall–Kier alpha value is -2.47. The number of ether oxygens (including phenoxy) is 1. The number of aromatic nitrogens is 1. The third-order valence-corrected chi connectivity index (χ3v) is 4.25. The quantitative estimate of drug-likeness (QED) is 0.884. The Morgan fingerprint density at radius 3 is 2.83 bits per heavy atom. The van der Waals surface area contributed by atoms with Crippen LogP contribution < -0.4 is 15.8 Å². The van der Waals surface area contributed by atoms with Crippen LogP contribution in [0.5, 0.6) is 11.6 Å². The van der Waals surface area contributed by atoms with Gasteiger partial charge in [-0.2, -0.15) is 0 Å². The molecule has 1 amide bonds. The number of benzene rings is 1. The van der Waals surface area contributed by atoms with Crippen LogP contribution in [0.1, 0.15) is 31.2 Å². The van der Waals surface area contributed by atoms with E-state index in [2.05, 4.69) is 10.3 Å². The van der Waals surface area contributed by atoms with Crippen molar-refractivity contribution in [2.75, 3.05) is 0 Å². The van der Waals surface area contributed by atoms with E-state index >= 15 is 0 Å². The molecule has 0 saturated heterocycles. The van der Waals surface area contributed by atoms with E-state index in [0.29, 0.717) is 30.0 Å². The molecule has 24 heavy (non-hydrogen) atoms. The van der Waals surface area contributed by atoms with Gasteiger partial charge in [0, 0.05) is 24.4 Å². The molecule has 0 atom stereocenters. The molecule has 1 aromatic carbocycles. The van der Waals surface area contributed by atoms with Crippen molar-refractivity contribution in [3.63, 3.8) is 0 Å². The highest BCUT2D eigenvalue weighted by molar-refractivity contribution is 5.86. The number of nitrogens with one attached hydrogen (secondary N) is 1. The van der Waals surface area contributed by atoms with E-state index in [0.717, 1.165) is 12.8 Å². The fourth-order valence-corrected chi connectivity index (χ4v) is 2.88. The zero-order chi connectivity index (χ0) is 17.0. The van der Waals surface area contributed by atoms with Crippen molar-refractivity contribution >= 4 is 5.91 Å². The molecule has 1 saturated carbocycles. The molecular formula is C18H20FN3O2. The van der Waals surface area contributed by atoms with Crippen LogP contribution in [0.4, 0.5) is 4.39 Å². The van der Waals surface area contributed by atoms with Crippen LogP contribution in [0.3, 0.4) is 0 Å². The summed E-state index contributed by atoms with van der Waals surface area (Å²) < 4.78 is 18.9. The third kappa shape index (κ3) is 3.71. The number of halogens is 1. The van der Waals surface area contributed by atoms with Gasteiger partial charge in [0.25, 0.3) is 0 Å². The van der Waals surface area contributed by atoms with E-state index in [9.17, 15) is 9.18 Å². The minimum Gasteiger partial charge on any atom is -0.439 e. The lowest BCUT2D eigenvalue weighted by Gasteiger charge is -2.22. The van der Waals surface area contributed by atoms with Crippen LogP contribution in [0.15, 0.2) is 42.6 Å². The van der Waals surface area contributed by atoms with Crippen LogP contribution >= 0.6 is 0 Å². The fourth-order valence-electron chi connectivity index (χ4n) is 2.88. The van der Waals surface area contributed by atoms with Crippen molar-refractivity contribution in [2.24, 2.45) is 5.73 Å². The van der Waals surface area contributed by atoms with E-state index in [4.69, 9.17) is 10.5 Å². The van der Waals surface area contributed by atoms with Gasteiger partial charge in [-0.3, -0.25) is 4.79 Å². The molecular weight excluding hydrogens is 309 g/mol. The van der Waals surface area contributed by atoms with E-state index in [-0.39, 0.29) is 18.3 Å². The number of carbonyl (C=O) groups excluding carboxylic acids is 1. The Labute approximate surface area is 140 Å². The first-order chi connectivity index (χ1) is 11.6. The Balaban J connectivity index is 1.69. The molecule has 5 nitrogen and oxygen atoms in total. The summed E-state index contributed by atoms with van der Waals surface area (Å²) in [4.78, 5) is 16.5. The zero-order valence-electron chi connectivity index (χ0n) is 13.3. The first kappa shape index (κ1) is 16.4. The largest absolute Gasteiger partial charge is 0.439 e. The summed E-state index contributed by atoms with van der Waals surface area (Å²) in [6, 6.07) is 9.40. The highest BCUT2D eigenvalue weighted by Gasteiger charge is 2.36. The summed E-state index contributed by atoms with van der Waals surface area (Å²) in [6.45, 7) is 0.260. The summed E-state index contributed by atoms with van der Waals surface area (Å²) in [5, 5.41) is 2.86. The van der Waals surface area contributed by atoms with E-state index < -0.39 is 5.54 Å². The van der Waals surface area contributed by atoms with E-state index in [1.165, 1.54) is 12.1 Å². The normalized spacial score (nSPS) is 15.9. The molecule has 6 heteroatoms. The SMILES string of the molecule is NC1(C(=O)NCc2cccnc2Oc2cccc(F)c2)CCCC1. The van der Waals surface area contributed by atoms with Crippen LogP contribution in [0.2, 0.25) is 0 Å². The van der Waals surface area contributed by atoms with Gasteiger partial charge in [0.2, 0.25) is 11.8 Å². The predicted octanol–water partition coefficient (Wildman–Crippen LogP) is 2.90. The Morgan fingerprint density at radius 1 is 1.29 bits per heavy atom. The molecule has 0 radical (unpaired) electrons. The van der Waals surface area contributed by atoms with E-state index in [1.54, 1.807) is 30.5 Å². The molecule has 126 valence electrons. The number of nitrogens with two attached hydrogens (primary N) is 1. The van der Waals surface area contributed by atoms with Crippen molar-refractivity contribution in [3.05, 3.63) is 54.0 Å². The Bertz CT molecular complexity index is 730. The zero-order valence-corrected chi connectivity index (χ0v) is 13.3. The van der Waals surface area contributed by atoms with Gasteiger partial charge < -0.3 is 15.8 Å². The lowest BCUT2D eigenvalue weighted by molar-refractivity contribution is -0.126. The summed E-state index contributed by atoms with van der Waals surface area (Å²) >= 11 is 0. The molecule has 3 rings (SSSR count). The molecule has 0 unspecified atom stereocenters. The van der Waals surface area contributed by atoms with E-state index in [1.807, 2.05) is 0 Å². The highest BCUT2D eigenvalue weighted by atomic mass is 19.1. The number of pyridine rings is 1. The second-order valence-corrected chi connectivity index (χ2v) is 6.07. The molecule has 1 heterocycles. The minimum absolute atomic E-state index is 0.152. The van der Waals surface area contributed by atoms with Gasteiger partial charge >= 0.3 is 0 Å². The van der Waals surface area contributed by atoms with Crippen molar-refractivity contribution in [1.82, 2.24) is 10.3 Å². The Kier molecular flexibility index (Phi) is 4.76. The number of carbonyl (C=O) groups is 1. The lowest BCUT2D eigenvalue weighted by atomic mass is 9.98.